The van der Waals surface area contributed by atoms with Gasteiger partial charge in [0.2, 0.25) is 0 Å². The summed E-state index contributed by atoms with van der Waals surface area (Å²) in [5.41, 5.74) is 1.13. The minimum Gasteiger partial charge on any atom is -0.467 e. The van der Waals surface area contributed by atoms with E-state index in [0.29, 0.717) is 25.7 Å². The number of allylic oxidation sites excluding steroid dienone is 1. The SMILES string of the molecule is CCCNC(=O)OC[C@]12CO[C@H](c3ccco3)[C@H](C(C)=C[C@@H]1C)[C@H]2C. The molecule has 25 heavy (non-hydrogen) atoms. The van der Waals surface area contributed by atoms with E-state index in [1.165, 1.54) is 5.57 Å². The number of hydrogen-bond donors (Lipinski definition) is 1. The highest BCUT2D eigenvalue weighted by atomic mass is 16.6. The zero-order valence-corrected chi connectivity index (χ0v) is 15.6. The van der Waals surface area contributed by atoms with Gasteiger partial charge in [0.15, 0.2) is 0 Å². The van der Waals surface area contributed by atoms with Gasteiger partial charge in [-0.25, -0.2) is 4.79 Å². The summed E-state index contributed by atoms with van der Waals surface area (Å²) in [6.45, 7) is 10.2. The largest absolute Gasteiger partial charge is 0.467 e. The summed E-state index contributed by atoms with van der Waals surface area (Å²) < 4.78 is 17.5. The summed E-state index contributed by atoms with van der Waals surface area (Å²) in [6, 6.07) is 3.88. The van der Waals surface area contributed by atoms with E-state index in [0.717, 1.165) is 12.2 Å². The second-order valence-electron chi connectivity index (χ2n) is 7.50. The average Bonchev–Trinajstić information content (AvgIpc) is 3.11. The highest BCUT2D eigenvalue weighted by Crippen LogP contribution is 2.56. The standard InChI is InChI=1S/C20H29NO4/c1-5-8-21-19(22)25-12-20-11-24-18(16-7-6-9-23-16)17(15(20)4)13(2)10-14(20)3/h6-7,9-10,14-15,17-18H,5,8,11-12H2,1-4H3,(H,21,22)/t14-,15+,17+,18+,20+/m0/s1. The number of nitrogens with one attached hydrogen (secondary N) is 1. The third-order valence-corrected chi connectivity index (χ3v) is 6.06. The Bertz CT molecular complexity index is 624. The normalized spacial score (nSPS) is 34.3. The molecule has 5 atom stereocenters. The van der Waals surface area contributed by atoms with Gasteiger partial charge in [-0.2, -0.15) is 0 Å². The Morgan fingerprint density at radius 1 is 1.44 bits per heavy atom. The van der Waals surface area contributed by atoms with Crippen LogP contribution in [-0.2, 0) is 9.47 Å². The predicted molar refractivity (Wildman–Crippen MR) is 95.1 cm³/mol. The minimum absolute atomic E-state index is 0.0733. The van der Waals surface area contributed by atoms with Crippen molar-refractivity contribution in [2.24, 2.45) is 23.2 Å². The molecule has 1 saturated heterocycles. The van der Waals surface area contributed by atoms with Crippen LogP contribution in [0.1, 0.15) is 46.0 Å². The van der Waals surface area contributed by atoms with E-state index >= 15 is 0 Å². The predicted octanol–water partition coefficient (Wildman–Crippen LogP) is 4.32. The lowest BCUT2D eigenvalue weighted by molar-refractivity contribution is -0.170. The molecule has 3 rings (SSSR count). The summed E-state index contributed by atoms with van der Waals surface area (Å²) >= 11 is 0. The molecule has 1 N–H and O–H groups in total. The molecule has 0 unspecified atom stereocenters. The molecule has 1 aliphatic carbocycles. The smallest absolute Gasteiger partial charge is 0.407 e. The third-order valence-electron chi connectivity index (χ3n) is 6.06. The van der Waals surface area contributed by atoms with Gasteiger partial charge < -0.3 is 19.2 Å². The molecular formula is C20H29NO4. The van der Waals surface area contributed by atoms with E-state index in [-0.39, 0.29) is 29.4 Å². The Kier molecular flexibility index (Phi) is 5.23. The van der Waals surface area contributed by atoms with Gasteiger partial charge in [0.25, 0.3) is 0 Å². The molecule has 2 aliphatic rings. The molecule has 2 bridgehead atoms. The Labute approximate surface area is 149 Å². The lowest BCUT2D eigenvalue weighted by Gasteiger charge is -2.54. The number of alkyl carbamates (subject to hydrolysis) is 1. The van der Waals surface area contributed by atoms with Crippen molar-refractivity contribution in [3.05, 3.63) is 35.8 Å². The maximum atomic E-state index is 11.9. The van der Waals surface area contributed by atoms with Crippen molar-refractivity contribution >= 4 is 6.09 Å². The fourth-order valence-corrected chi connectivity index (χ4v) is 4.45. The molecule has 5 nitrogen and oxygen atoms in total. The molecule has 1 aliphatic heterocycles. The molecular weight excluding hydrogens is 318 g/mol. The monoisotopic (exact) mass is 347 g/mol. The Balaban J connectivity index is 1.80. The van der Waals surface area contributed by atoms with E-state index in [9.17, 15) is 4.79 Å². The fourth-order valence-electron chi connectivity index (χ4n) is 4.45. The van der Waals surface area contributed by atoms with Gasteiger partial charge in [-0.1, -0.05) is 32.4 Å². The number of carbonyl (C=O) groups excluding carboxylic acids is 1. The number of fused-ring (bicyclic) bond motifs is 2. The maximum Gasteiger partial charge on any atom is 0.407 e. The summed E-state index contributed by atoms with van der Waals surface area (Å²) in [5, 5.41) is 2.78. The molecule has 0 radical (unpaired) electrons. The van der Waals surface area contributed by atoms with Gasteiger partial charge in [-0.15, -0.1) is 0 Å². The van der Waals surface area contributed by atoms with Gasteiger partial charge in [0, 0.05) is 17.9 Å². The lowest BCUT2D eigenvalue weighted by atomic mass is 9.56. The Morgan fingerprint density at radius 2 is 2.24 bits per heavy atom. The van der Waals surface area contributed by atoms with Crippen LogP contribution in [0.4, 0.5) is 4.79 Å². The number of furan rings is 1. The quantitative estimate of drug-likeness (QED) is 0.806. The van der Waals surface area contributed by atoms with Gasteiger partial charge in [-0.05, 0) is 37.3 Å². The molecule has 0 spiro atoms. The summed E-state index contributed by atoms with van der Waals surface area (Å²) in [7, 11) is 0. The summed E-state index contributed by atoms with van der Waals surface area (Å²) in [5.74, 6) is 1.72. The van der Waals surface area contributed by atoms with Crippen molar-refractivity contribution in [1.29, 1.82) is 0 Å². The highest BCUT2D eigenvalue weighted by Gasteiger charge is 2.55. The first kappa shape index (κ1) is 18.1. The van der Waals surface area contributed by atoms with Crippen molar-refractivity contribution < 1.29 is 18.7 Å². The Hall–Kier alpha value is -1.75. The first-order chi connectivity index (χ1) is 12.0. The Morgan fingerprint density at radius 3 is 2.92 bits per heavy atom. The van der Waals surface area contributed by atoms with E-state index in [1.807, 2.05) is 19.1 Å². The molecule has 1 aromatic heterocycles. The highest BCUT2D eigenvalue weighted by molar-refractivity contribution is 5.67. The summed E-state index contributed by atoms with van der Waals surface area (Å²) in [4.78, 5) is 11.9. The van der Waals surface area contributed by atoms with Crippen LogP contribution in [0.3, 0.4) is 0 Å². The maximum absolute atomic E-state index is 11.9. The third kappa shape index (κ3) is 3.22. The van der Waals surface area contributed by atoms with Crippen molar-refractivity contribution in [3.63, 3.8) is 0 Å². The lowest BCUT2D eigenvalue weighted by Crippen LogP contribution is -2.54. The molecule has 1 amide bonds. The number of ether oxygens (including phenoxy) is 2. The second-order valence-corrected chi connectivity index (χ2v) is 7.50. The summed E-state index contributed by atoms with van der Waals surface area (Å²) in [6.07, 6.45) is 4.49. The average molecular weight is 347 g/mol. The van der Waals surface area contributed by atoms with Gasteiger partial charge >= 0.3 is 6.09 Å². The van der Waals surface area contributed by atoms with E-state index in [1.54, 1.807) is 6.26 Å². The molecule has 1 aromatic rings. The van der Waals surface area contributed by atoms with Crippen LogP contribution in [0.15, 0.2) is 34.5 Å². The van der Waals surface area contributed by atoms with Gasteiger partial charge in [0.1, 0.15) is 18.5 Å². The van der Waals surface area contributed by atoms with Crippen LogP contribution in [0.25, 0.3) is 0 Å². The number of hydrogen-bond acceptors (Lipinski definition) is 4. The molecule has 138 valence electrons. The van der Waals surface area contributed by atoms with Crippen LogP contribution in [0.5, 0.6) is 0 Å². The number of amides is 1. The van der Waals surface area contributed by atoms with Crippen LogP contribution in [-0.4, -0.2) is 25.9 Å². The topological polar surface area (TPSA) is 60.7 Å². The minimum atomic E-state index is -0.341. The molecule has 2 heterocycles. The van der Waals surface area contributed by atoms with E-state index < -0.39 is 0 Å². The molecule has 5 heteroatoms. The van der Waals surface area contributed by atoms with Gasteiger partial charge in [0.05, 0.1) is 12.9 Å². The zero-order chi connectivity index (χ0) is 18.0. The van der Waals surface area contributed by atoms with Gasteiger partial charge in [-0.3, -0.25) is 0 Å². The first-order valence-electron chi connectivity index (χ1n) is 9.23. The van der Waals surface area contributed by atoms with Crippen molar-refractivity contribution in [2.75, 3.05) is 19.8 Å². The molecule has 0 saturated carbocycles. The van der Waals surface area contributed by atoms with E-state index in [4.69, 9.17) is 13.9 Å². The van der Waals surface area contributed by atoms with Crippen LogP contribution >= 0.6 is 0 Å². The fraction of sp³-hybridized carbons (Fsp3) is 0.650. The van der Waals surface area contributed by atoms with Crippen molar-refractivity contribution in [1.82, 2.24) is 5.32 Å². The zero-order valence-electron chi connectivity index (χ0n) is 15.6. The number of rotatable bonds is 5. The first-order valence-corrected chi connectivity index (χ1v) is 9.23. The number of carbonyl (C=O) groups is 1. The van der Waals surface area contributed by atoms with Crippen LogP contribution < -0.4 is 5.32 Å². The van der Waals surface area contributed by atoms with E-state index in [2.05, 4.69) is 32.2 Å². The van der Waals surface area contributed by atoms with Crippen molar-refractivity contribution in [3.8, 4) is 0 Å². The second kappa shape index (κ2) is 7.24. The van der Waals surface area contributed by atoms with Crippen LogP contribution in [0, 0.1) is 23.2 Å². The molecule has 1 fully saturated rings. The van der Waals surface area contributed by atoms with Crippen LogP contribution in [0.2, 0.25) is 0 Å². The van der Waals surface area contributed by atoms with Crippen molar-refractivity contribution in [2.45, 2.75) is 40.2 Å². The molecule has 0 aromatic carbocycles.